The van der Waals surface area contributed by atoms with E-state index in [2.05, 4.69) is 5.32 Å². The van der Waals surface area contributed by atoms with Crippen LogP contribution in [0.25, 0.3) is 0 Å². The quantitative estimate of drug-likeness (QED) is 0.785. The van der Waals surface area contributed by atoms with Crippen LogP contribution >= 0.6 is 12.2 Å². The van der Waals surface area contributed by atoms with Crippen molar-refractivity contribution >= 4 is 23.3 Å². The third-order valence-corrected chi connectivity index (χ3v) is 2.33. The molecule has 0 spiro atoms. The summed E-state index contributed by atoms with van der Waals surface area (Å²) in [4.78, 5) is 11.5. The van der Waals surface area contributed by atoms with Crippen LogP contribution in [0, 0.1) is 0 Å². The molecule has 4 nitrogen and oxygen atoms in total. The van der Waals surface area contributed by atoms with Crippen LogP contribution in [0.1, 0.15) is 12.5 Å². The number of nitrogens with one attached hydrogen (secondary N) is 1. The first kappa shape index (κ1) is 12.6. The Labute approximate surface area is 99.8 Å². The maximum absolute atomic E-state index is 11.3. The number of hydrogen-bond donors (Lipinski definition) is 2. The van der Waals surface area contributed by atoms with Crippen LogP contribution in [0.2, 0.25) is 0 Å². The zero-order valence-corrected chi connectivity index (χ0v) is 9.79. The highest BCUT2D eigenvalue weighted by atomic mass is 32.1. The van der Waals surface area contributed by atoms with E-state index in [0.717, 1.165) is 5.56 Å². The van der Waals surface area contributed by atoms with Gasteiger partial charge in [-0.05, 0) is 12.5 Å². The summed E-state index contributed by atoms with van der Waals surface area (Å²) in [6.07, 6.45) is -0.578. The molecular formula is C11H14N2O2S. The van der Waals surface area contributed by atoms with Gasteiger partial charge in [0.1, 0.15) is 11.6 Å². The molecule has 1 atom stereocenters. The van der Waals surface area contributed by atoms with Gasteiger partial charge in [0.2, 0.25) is 0 Å². The Morgan fingerprint density at radius 1 is 1.50 bits per heavy atom. The number of carbonyl (C=O) groups is 1. The second kappa shape index (κ2) is 6.19. The zero-order valence-electron chi connectivity index (χ0n) is 8.97. The molecule has 1 unspecified atom stereocenters. The SMILES string of the molecule is CC(N)C(=S)NC(=O)OCc1ccccc1. The highest BCUT2D eigenvalue weighted by Gasteiger charge is 2.08. The third kappa shape index (κ3) is 4.37. The first-order valence-electron chi connectivity index (χ1n) is 4.86. The maximum atomic E-state index is 11.3. The molecule has 0 aliphatic carbocycles. The first-order chi connectivity index (χ1) is 7.59. The molecule has 0 fully saturated rings. The van der Waals surface area contributed by atoms with Gasteiger partial charge in [-0.15, -0.1) is 0 Å². The molecule has 1 aromatic carbocycles. The van der Waals surface area contributed by atoms with Gasteiger partial charge in [0.25, 0.3) is 0 Å². The van der Waals surface area contributed by atoms with Crippen LogP contribution in [0.5, 0.6) is 0 Å². The summed E-state index contributed by atoms with van der Waals surface area (Å²) in [6.45, 7) is 1.91. The van der Waals surface area contributed by atoms with Crippen molar-refractivity contribution in [2.45, 2.75) is 19.6 Å². The fraction of sp³-hybridized carbons (Fsp3) is 0.273. The molecule has 0 bridgehead atoms. The molecule has 16 heavy (non-hydrogen) atoms. The Morgan fingerprint density at radius 2 is 2.12 bits per heavy atom. The summed E-state index contributed by atoms with van der Waals surface area (Å²) in [5, 5.41) is 2.39. The average Bonchev–Trinajstić information content (AvgIpc) is 2.27. The standard InChI is InChI=1S/C11H14N2O2S/c1-8(12)10(16)13-11(14)15-7-9-5-3-2-4-6-9/h2-6,8H,7,12H2,1H3,(H,13,14,16). The van der Waals surface area contributed by atoms with Gasteiger partial charge in [0, 0.05) is 0 Å². The highest BCUT2D eigenvalue weighted by Crippen LogP contribution is 2.00. The van der Waals surface area contributed by atoms with Crippen molar-refractivity contribution in [1.29, 1.82) is 0 Å². The van der Waals surface area contributed by atoms with Gasteiger partial charge in [0.05, 0.1) is 6.04 Å². The van der Waals surface area contributed by atoms with E-state index in [4.69, 9.17) is 22.7 Å². The normalized spacial score (nSPS) is 11.6. The summed E-state index contributed by atoms with van der Waals surface area (Å²) >= 11 is 4.85. The molecule has 0 aliphatic heterocycles. The van der Waals surface area contributed by atoms with Crippen LogP contribution in [0.3, 0.4) is 0 Å². The zero-order chi connectivity index (χ0) is 12.0. The van der Waals surface area contributed by atoms with Crippen molar-refractivity contribution in [2.24, 2.45) is 5.73 Å². The number of nitrogens with two attached hydrogens (primary N) is 1. The van der Waals surface area contributed by atoms with Crippen LogP contribution in [0.15, 0.2) is 30.3 Å². The summed E-state index contributed by atoms with van der Waals surface area (Å²) in [7, 11) is 0. The Kier molecular flexibility index (Phi) is 4.88. The number of carbonyl (C=O) groups excluding carboxylic acids is 1. The monoisotopic (exact) mass is 238 g/mol. The summed E-state index contributed by atoms with van der Waals surface area (Å²) in [5.41, 5.74) is 6.40. The van der Waals surface area contributed by atoms with Gasteiger partial charge >= 0.3 is 6.09 Å². The van der Waals surface area contributed by atoms with E-state index in [0.29, 0.717) is 0 Å². The highest BCUT2D eigenvalue weighted by molar-refractivity contribution is 7.80. The largest absolute Gasteiger partial charge is 0.444 e. The Balaban J connectivity index is 2.34. The van der Waals surface area contributed by atoms with Crippen LogP contribution in [-0.2, 0) is 11.3 Å². The molecule has 1 rings (SSSR count). The van der Waals surface area contributed by atoms with Gasteiger partial charge in [-0.25, -0.2) is 4.79 Å². The number of amides is 1. The number of benzene rings is 1. The second-order valence-corrected chi connectivity index (χ2v) is 3.78. The predicted molar refractivity (Wildman–Crippen MR) is 66.0 cm³/mol. The van der Waals surface area contributed by atoms with Gasteiger partial charge in [-0.3, -0.25) is 5.32 Å². The van der Waals surface area contributed by atoms with Crippen molar-refractivity contribution in [3.8, 4) is 0 Å². The molecular weight excluding hydrogens is 224 g/mol. The number of thiocarbonyl (C=S) groups is 1. The number of rotatable bonds is 3. The lowest BCUT2D eigenvalue weighted by Gasteiger charge is -2.09. The molecule has 0 aromatic heterocycles. The van der Waals surface area contributed by atoms with Crippen molar-refractivity contribution in [3.63, 3.8) is 0 Å². The Hall–Kier alpha value is -1.46. The Morgan fingerprint density at radius 3 is 2.69 bits per heavy atom. The van der Waals surface area contributed by atoms with Gasteiger partial charge < -0.3 is 10.5 Å². The van der Waals surface area contributed by atoms with E-state index in [9.17, 15) is 4.79 Å². The second-order valence-electron chi connectivity index (χ2n) is 3.34. The van der Waals surface area contributed by atoms with Crippen LogP contribution in [-0.4, -0.2) is 17.1 Å². The molecule has 1 amide bonds. The van der Waals surface area contributed by atoms with E-state index in [-0.39, 0.29) is 17.6 Å². The molecule has 0 radical (unpaired) electrons. The molecule has 0 saturated heterocycles. The van der Waals surface area contributed by atoms with Gasteiger partial charge in [0.15, 0.2) is 0 Å². The van der Waals surface area contributed by atoms with Crippen molar-refractivity contribution < 1.29 is 9.53 Å². The molecule has 5 heteroatoms. The van der Waals surface area contributed by atoms with Crippen molar-refractivity contribution in [1.82, 2.24) is 5.32 Å². The van der Waals surface area contributed by atoms with Crippen LogP contribution < -0.4 is 11.1 Å². The minimum absolute atomic E-state index is 0.217. The van der Waals surface area contributed by atoms with E-state index in [1.807, 2.05) is 30.3 Å². The lowest BCUT2D eigenvalue weighted by atomic mass is 10.2. The first-order valence-corrected chi connectivity index (χ1v) is 5.27. The van der Waals surface area contributed by atoms with E-state index < -0.39 is 6.09 Å². The summed E-state index contributed by atoms with van der Waals surface area (Å²) < 4.78 is 4.96. The lowest BCUT2D eigenvalue weighted by molar-refractivity contribution is 0.145. The minimum Gasteiger partial charge on any atom is -0.444 e. The number of ether oxygens (including phenoxy) is 1. The fourth-order valence-corrected chi connectivity index (χ4v) is 1.06. The predicted octanol–water partition coefficient (Wildman–Crippen LogP) is 1.59. The average molecular weight is 238 g/mol. The third-order valence-electron chi connectivity index (χ3n) is 1.85. The van der Waals surface area contributed by atoms with Crippen LogP contribution in [0.4, 0.5) is 4.79 Å². The smallest absolute Gasteiger partial charge is 0.412 e. The Bertz CT molecular complexity index is 366. The van der Waals surface area contributed by atoms with E-state index in [1.165, 1.54) is 0 Å². The fourth-order valence-electron chi connectivity index (χ4n) is 0.974. The molecule has 0 saturated carbocycles. The van der Waals surface area contributed by atoms with E-state index >= 15 is 0 Å². The van der Waals surface area contributed by atoms with Crippen molar-refractivity contribution in [2.75, 3.05) is 0 Å². The number of hydrogen-bond acceptors (Lipinski definition) is 4. The number of alkyl carbamates (subject to hydrolysis) is 1. The molecule has 0 aliphatic rings. The molecule has 1 aromatic rings. The summed E-state index contributed by atoms with van der Waals surface area (Å²) in [5.74, 6) is 0. The van der Waals surface area contributed by atoms with Crippen molar-refractivity contribution in [3.05, 3.63) is 35.9 Å². The minimum atomic E-state index is -0.578. The summed E-state index contributed by atoms with van der Waals surface area (Å²) in [6, 6.07) is 9.04. The lowest BCUT2D eigenvalue weighted by Crippen LogP contribution is -2.40. The topological polar surface area (TPSA) is 64.3 Å². The molecule has 86 valence electrons. The van der Waals surface area contributed by atoms with E-state index in [1.54, 1.807) is 6.92 Å². The van der Waals surface area contributed by atoms with Gasteiger partial charge in [-0.1, -0.05) is 42.5 Å². The maximum Gasteiger partial charge on any atom is 0.412 e. The molecule has 3 N–H and O–H groups in total. The molecule has 0 heterocycles. The van der Waals surface area contributed by atoms with Gasteiger partial charge in [-0.2, -0.15) is 0 Å².